The van der Waals surface area contributed by atoms with E-state index < -0.39 is 0 Å². The number of nitrogens with zero attached hydrogens (tertiary/aromatic N) is 1. The van der Waals surface area contributed by atoms with E-state index in [2.05, 4.69) is 17.1 Å². The van der Waals surface area contributed by atoms with E-state index in [0.29, 0.717) is 5.17 Å². The normalized spacial score (nSPS) is 15.6. The minimum Gasteiger partial charge on any atom is -0.378 e. The van der Waals surface area contributed by atoms with Crippen molar-refractivity contribution in [3.05, 3.63) is 29.3 Å². The Kier molecular flexibility index (Phi) is 2.77. The van der Waals surface area contributed by atoms with Gasteiger partial charge in [0.1, 0.15) is 0 Å². The van der Waals surface area contributed by atoms with Crippen LogP contribution in [-0.4, -0.2) is 11.4 Å². The average molecular weight is 206 g/mol. The second-order valence-electron chi connectivity index (χ2n) is 3.42. The monoisotopic (exact) mass is 206 g/mol. The van der Waals surface area contributed by atoms with Gasteiger partial charge < -0.3 is 5.73 Å². The highest BCUT2D eigenvalue weighted by atomic mass is 32.2. The molecule has 2 N–H and O–H groups in total. The minimum atomic E-state index is 0.644. The second kappa shape index (κ2) is 4.05. The van der Waals surface area contributed by atoms with E-state index in [1.54, 1.807) is 0 Å². The molecule has 0 heterocycles. The van der Waals surface area contributed by atoms with Crippen molar-refractivity contribution in [3.8, 4) is 0 Å². The van der Waals surface area contributed by atoms with Crippen LogP contribution in [-0.2, 0) is 12.8 Å². The van der Waals surface area contributed by atoms with Crippen LogP contribution in [0.2, 0.25) is 0 Å². The summed E-state index contributed by atoms with van der Waals surface area (Å²) in [7, 11) is 0. The van der Waals surface area contributed by atoms with Gasteiger partial charge in [0.05, 0.1) is 5.69 Å². The lowest BCUT2D eigenvalue weighted by atomic mass is 10.1. The first kappa shape index (κ1) is 9.59. The van der Waals surface area contributed by atoms with Crippen LogP contribution in [0.1, 0.15) is 17.5 Å². The predicted octanol–water partition coefficient (Wildman–Crippen LogP) is 2.48. The second-order valence-corrected chi connectivity index (χ2v) is 4.25. The molecule has 1 aromatic carbocycles. The smallest absolute Gasteiger partial charge is 0.158 e. The summed E-state index contributed by atoms with van der Waals surface area (Å²) in [5.74, 6) is 0. The van der Waals surface area contributed by atoms with Gasteiger partial charge in [-0.15, -0.1) is 0 Å². The molecule has 0 atom stereocenters. The quantitative estimate of drug-likeness (QED) is 0.566. The highest BCUT2D eigenvalue weighted by molar-refractivity contribution is 8.13. The number of rotatable bonds is 1. The topological polar surface area (TPSA) is 38.4 Å². The molecule has 0 fully saturated rings. The van der Waals surface area contributed by atoms with E-state index in [0.717, 1.165) is 12.1 Å². The van der Waals surface area contributed by atoms with Crippen molar-refractivity contribution < 1.29 is 0 Å². The number of aliphatic imine (C=N–C) groups is 1. The number of benzene rings is 1. The van der Waals surface area contributed by atoms with Gasteiger partial charge in [0.15, 0.2) is 5.17 Å². The van der Waals surface area contributed by atoms with Gasteiger partial charge in [0, 0.05) is 0 Å². The molecule has 3 heteroatoms. The summed E-state index contributed by atoms with van der Waals surface area (Å²) < 4.78 is 0. The Bertz CT molecular complexity index is 372. The maximum Gasteiger partial charge on any atom is 0.158 e. The molecule has 1 aliphatic rings. The molecule has 0 spiro atoms. The highest BCUT2D eigenvalue weighted by Gasteiger charge is 2.13. The molecule has 0 bridgehead atoms. The largest absolute Gasteiger partial charge is 0.378 e. The van der Waals surface area contributed by atoms with Gasteiger partial charge in [-0.1, -0.05) is 23.9 Å². The van der Waals surface area contributed by atoms with E-state index in [4.69, 9.17) is 5.73 Å². The summed E-state index contributed by atoms with van der Waals surface area (Å²) >= 11 is 1.49. The van der Waals surface area contributed by atoms with Crippen LogP contribution in [0, 0.1) is 0 Å². The number of amidine groups is 1. The van der Waals surface area contributed by atoms with Gasteiger partial charge in [-0.3, -0.25) is 0 Å². The molecule has 0 saturated heterocycles. The molecule has 0 aliphatic heterocycles. The molecule has 1 aromatic rings. The van der Waals surface area contributed by atoms with Crippen molar-refractivity contribution in [2.24, 2.45) is 10.7 Å². The Morgan fingerprint density at radius 1 is 1.43 bits per heavy atom. The fourth-order valence-electron chi connectivity index (χ4n) is 1.87. The van der Waals surface area contributed by atoms with Crippen LogP contribution in [0.4, 0.5) is 5.69 Å². The van der Waals surface area contributed by atoms with Gasteiger partial charge in [0.2, 0.25) is 0 Å². The van der Waals surface area contributed by atoms with Crippen molar-refractivity contribution in [1.82, 2.24) is 0 Å². The number of hydrogen-bond donors (Lipinski definition) is 1. The van der Waals surface area contributed by atoms with E-state index in [9.17, 15) is 0 Å². The first-order valence-electron chi connectivity index (χ1n) is 4.80. The molecule has 1 aliphatic carbocycles. The molecule has 74 valence electrons. The lowest BCUT2D eigenvalue weighted by Crippen LogP contribution is -2.04. The molecule has 14 heavy (non-hydrogen) atoms. The van der Waals surface area contributed by atoms with E-state index in [-0.39, 0.29) is 0 Å². The van der Waals surface area contributed by atoms with Crippen LogP contribution in [0.15, 0.2) is 23.2 Å². The van der Waals surface area contributed by atoms with Crippen LogP contribution >= 0.6 is 11.8 Å². The molecule has 0 saturated carbocycles. The summed E-state index contributed by atoms with van der Waals surface area (Å²) in [6.07, 6.45) is 5.54. The Hall–Kier alpha value is -0.960. The van der Waals surface area contributed by atoms with E-state index >= 15 is 0 Å². The standard InChI is InChI=1S/C11H14N2S/c1-14-11(12)13-10-7-3-5-8-4-2-6-9(8)10/h3,5,7H,2,4,6H2,1H3,(H2,12,13). The maximum atomic E-state index is 5.71. The zero-order valence-electron chi connectivity index (χ0n) is 8.29. The van der Waals surface area contributed by atoms with Gasteiger partial charge in [-0.25, -0.2) is 4.99 Å². The van der Waals surface area contributed by atoms with Crippen LogP contribution in [0.3, 0.4) is 0 Å². The van der Waals surface area contributed by atoms with Crippen molar-refractivity contribution in [3.63, 3.8) is 0 Å². The lowest BCUT2D eigenvalue weighted by Gasteiger charge is -2.03. The third kappa shape index (κ3) is 1.77. The van der Waals surface area contributed by atoms with Crippen LogP contribution in [0.5, 0.6) is 0 Å². The summed E-state index contributed by atoms with van der Waals surface area (Å²) in [5.41, 5.74) is 9.61. The zero-order chi connectivity index (χ0) is 9.97. The van der Waals surface area contributed by atoms with Gasteiger partial charge in [-0.2, -0.15) is 0 Å². The van der Waals surface area contributed by atoms with Crippen molar-refractivity contribution in [2.45, 2.75) is 19.3 Å². The molecule has 2 nitrogen and oxygen atoms in total. The summed E-state index contributed by atoms with van der Waals surface area (Å²) in [6, 6.07) is 6.31. The summed E-state index contributed by atoms with van der Waals surface area (Å²) in [4.78, 5) is 4.41. The maximum absolute atomic E-state index is 5.71. The molecular formula is C11H14N2S. The summed E-state index contributed by atoms with van der Waals surface area (Å²) in [6.45, 7) is 0. The lowest BCUT2D eigenvalue weighted by molar-refractivity contribution is 0.911. The van der Waals surface area contributed by atoms with Crippen molar-refractivity contribution in [2.75, 3.05) is 6.26 Å². The Morgan fingerprint density at radius 3 is 3.07 bits per heavy atom. The predicted molar refractivity (Wildman–Crippen MR) is 63.3 cm³/mol. The molecular weight excluding hydrogens is 192 g/mol. The zero-order valence-corrected chi connectivity index (χ0v) is 9.10. The number of thioether (sulfide) groups is 1. The first-order valence-corrected chi connectivity index (χ1v) is 6.02. The molecule has 0 unspecified atom stereocenters. The Balaban J connectivity index is 2.40. The Morgan fingerprint density at radius 2 is 2.29 bits per heavy atom. The fourth-order valence-corrected chi connectivity index (χ4v) is 2.06. The van der Waals surface area contributed by atoms with E-state index in [1.807, 2.05) is 12.3 Å². The van der Waals surface area contributed by atoms with Gasteiger partial charge in [-0.05, 0) is 42.7 Å². The third-order valence-corrected chi connectivity index (χ3v) is 3.07. The number of aryl methyl sites for hydroxylation is 1. The molecule has 2 rings (SSSR count). The minimum absolute atomic E-state index is 0.644. The van der Waals surface area contributed by atoms with E-state index in [1.165, 1.54) is 35.7 Å². The number of nitrogens with two attached hydrogens (primary N) is 1. The van der Waals surface area contributed by atoms with Gasteiger partial charge in [0.25, 0.3) is 0 Å². The third-order valence-electron chi connectivity index (χ3n) is 2.56. The van der Waals surface area contributed by atoms with Crippen molar-refractivity contribution >= 4 is 22.6 Å². The number of fused-ring (bicyclic) bond motifs is 1. The molecule has 0 radical (unpaired) electrons. The van der Waals surface area contributed by atoms with Crippen molar-refractivity contribution in [1.29, 1.82) is 0 Å². The SMILES string of the molecule is CSC(N)=Nc1cccc2c1CCC2. The summed E-state index contributed by atoms with van der Waals surface area (Å²) in [5, 5.41) is 0.644. The Labute approximate surface area is 88.6 Å². The first-order chi connectivity index (χ1) is 6.81. The highest BCUT2D eigenvalue weighted by Crippen LogP contribution is 2.30. The van der Waals surface area contributed by atoms with Crippen LogP contribution < -0.4 is 5.73 Å². The number of hydrogen-bond acceptors (Lipinski definition) is 2. The fraction of sp³-hybridized carbons (Fsp3) is 0.364. The van der Waals surface area contributed by atoms with Gasteiger partial charge >= 0.3 is 0 Å². The van der Waals surface area contributed by atoms with Crippen LogP contribution in [0.25, 0.3) is 0 Å². The molecule has 0 amide bonds. The molecule has 0 aromatic heterocycles. The average Bonchev–Trinajstić information content (AvgIpc) is 2.66.